The van der Waals surface area contributed by atoms with Crippen LogP contribution in [0.5, 0.6) is 0 Å². The molecule has 0 atom stereocenters. The quantitative estimate of drug-likeness (QED) is 0.735. The van der Waals surface area contributed by atoms with E-state index in [1.165, 1.54) is 26.1 Å². The lowest BCUT2D eigenvalue weighted by atomic mass is 10.1. The van der Waals surface area contributed by atoms with Gasteiger partial charge in [0, 0.05) is 25.3 Å². The van der Waals surface area contributed by atoms with Crippen molar-refractivity contribution in [2.24, 2.45) is 0 Å². The Hall–Kier alpha value is -3.42. The highest BCUT2D eigenvalue weighted by atomic mass is 19.1. The highest BCUT2D eigenvalue weighted by Gasteiger charge is 2.16. The van der Waals surface area contributed by atoms with Crippen molar-refractivity contribution in [1.29, 1.82) is 0 Å². The van der Waals surface area contributed by atoms with Gasteiger partial charge in [-0.2, -0.15) is 0 Å². The normalized spacial score (nSPS) is 10.2. The number of hydrogen-bond donors (Lipinski definition) is 3. The molecular formula is C20H23FN4O3. The van der Waals surface area contributed by atoms with E-state index in [4.69, 9.17) is 0 Å². The van der Waals surface area contributed by atoms with E-state index in [1.807, 2.05) is 32.0 Å². The van der Waals surface area contributed by atoms with Crippen LogP contribution >= 0.6 is 0 Å². The van der Waals surface area contributed by atoms with Gasteiger partial charge in [0.1, 0.15) is 12.4 Å². The number of rotatable bonds is 5. The summed E-state index contributed by atoms with van der Waals surface area (Å²) in [5.41, 5.74) is 2.78. The van der Waals surface area contributed by atoms with Gasteiger partial charge in [-0.25, -0.2) is 9.18 Å². The summed E-state index contributed by atoms with van der Waals surface area (Å²) in [5.74, 6) is -1.34. The van der Waals surface area contributed by atoms with Crippen LogP contribution in [0.4, 0.5) is 26.2 Å². The van der Waals surface area contributed by atoms with Gasteiger partial charge in [0.25, 0.3) is 0 Å². The van der Waals surface area contributed by atoms with E-state index in [2.05, 4.69) is 16.0 Å². The van der Waals surface area contributed by atoms with Gasteiger partial charge in [0.2, 0.25) is 11.8 Å². The third-order valence-corrected chi connectivity index (χ3v) is 4.00. The number of nitrogens with one attached hydrogen (secondary N) is 3. The maximum atomic E-state index is 13.9. The molecule has 4 amide bonds. The van der Waals surface area contributed by atoms with E-state index in [-0.39, 0.29) is 24.0 Å². The first kappa shape index (κ1) is 20.9. The molecule has 0 aliphatic heterocycles. The molecule has 0 unspecified atom stereocenters. The van der Waals surface area contributed by atoms with E-state index in [0.717, 1.165) is 22.1 Å². The molecule has 2 aromatic carbocycles. The lowest BCUT2D eigenvalue weighted by Gasteiger charge is -2.19. The molecule has 0 saturated carbocycles. The Morgan fingerprint density at radius 2 is 1.64 bits per heavy atom. The third kappa shape index (κ3) is 5.54. The van der Waals surface area contributed by atoms with Gasteiger partial charge in [-0.3, -0.25) is 9.59 Å². The van der Waals surface area contributed by atoms with Gasteiger partial charge in [-0.1, -0.05) is 18.2 Å². The van der Waals surface area contributed by atoms with Crippen LogP contribution < -0.4 is 16.0 Å². The number of para-hydroxylation sites is 1. The molecule has 0 radical (unpaired) electrons. The van der Waals surface area contributed by atoms with Gasteiger partial charge in [0.15, 0.2) is 0 Å². The summed E-state index contributed by atoms with van der Waals surface area (Å²) in [6.45, 7) is 4.87. The number of carbonyl (C=O) groups is 3. The van der Waals surface area contributed by atoms with Gasteiger partial charge >= 0.3 is 6.03 Å². The smallest absolute Gasteiger partial charge is 0.322 e. The Bertz CT molecular complexity index is 894. The number of anilines is 3. The van der Waals surface area contributed by atoms with Gasteiger partial charge < -0.3 is 20.9 Å². The number of nitrogens with zero attached hydrogens (tertiary/aromatic N) is 1. The van der Waals surface area contributed by atoms with Crippen LogP contribution in [0.1, 0.15) is 18.1 Å². The second kappa shape index (κ2) is 8.98. The standard InChI is InChI=1S/C20H23FN4O3/c1-12-6-5-7-13(2)19(12)24-18(27)11-25(4)20(28)23-17-10-15(22-14(3)26)8-9-16(17)21/h5-10H,11H2,1-4H3,(H,22,26)(H,23,28)(H,24,27). The van der Waals surface area contributed by atoms with Crippen molar-refractivity contribution in [2.45, 2.75) is 20.8 Å². The third-order valence-electron chi connectivity index (χ3n) is 4.00. The molecule has 2 rings (SSSR count). The molecule has 0 aliphatic carbocycles. The summed E-state index contributed by atoms with van der Waals surface area (Å²) in [6, 6.07) is 8.81. The molecular weight excluding hydrogens is 363 g/mol. The Morgan fingerprint density at radius 1 is 1.00 bits per heavy atom. The van der Waals surface area contributed by atoms with Crippen molar-refractivity contribution in [1.82, 2.24) is 4.90 Å². The first-order valence-electron chi connectivity index (χ1n) is 8.62. The first-order chi connectivity index (χ1) is 13.2. The summed E-state index contributed by atoms with van der Waals surface area (Å²) in [4.78, 5) is 36.8. The minimum Gasteiger partial charge on any atom is -0.326 e. The van der Waals surface area contributed by atoms with Crippen molar-refractivity contribution in [3.05, 3.63) is 53.3 Å². The van der Waals surface area contributed by atoms with Gasteiger partial charge in [0.05, 0.1) is 5.69 Å². The summed E-state index contributed by atoms with van der Waals surface area (Å²) in [5, 5.41) is 7.69. The summed E-state index contributed by atoms with van der Waals surface area (Å²) >= 11 is 0. The van der Waals surface area contributed by atoms with Gasteiger partial charge in [-0.15, -0.1) is 0 Å². The van der Waals surface area contributed by atoms with E-state index >= 15 is 0 Å². The van der Waals surface area contributed by atoms with E-state index in [0.29, 0.717) is 11.4 Å². The number of aryl methyl sites for hydroxylation is 2. The predicted molar refractivity (Wildman–Crippen MR) is 107 cm³/mol. The highest BCUT2D eigenvalue weighted by Crippen LogP contribution is 2.21. The molecule has 8 heteroatoms. The fraction of sp³-hybridized carbons (Fsp3) is 0.250. The SMILES string of the molecule is CC(=O)Nc1ccc(F)c(NC(=O)N(C)CC(=O)Nc2c(C)cccc2C)c1. The Labute approximate surface area is 162 Å². The lowest BCUT2D eigenvalue weighted by Crippen LogP contribution is -2.38. The zero-order valence-corrected chi connectivity index (χ0v) is 16.2. The number of halogens is 1. The maximum absolute atomic E-state index is 13.9. The van der Waals surface area contributed by atoms with Crippen molar-refractivity contribution in [3.8, 4) is 0 Å². The van der Waals surface area contributed by atoms with Crippen LogP contribution in [0.25, 0.3) is 0 Å². The zero-order chi connectivity index (χ0) is 20.8. The number of carbonyl (C=O) groups excluding carboxylic acids is 3. The maximum Gasteiger partial charge on any atom is 0.322 e. The van der Waals surface area contributed by atoms with E-state index in [1.54, 1.807) is 0 Å². The Balaban J connectivity index is 2.01. The molecule has 0 aliphatic rings. The number of hydrogen-bond acceptors (Lipinski definition) is 3. The van der Waals surface area contributed by atoms with E-state index in [9.17, 15) is 18.8 Å². The van der Waals surface area contributed by atoms with Crippen LogP contribution in [0.15, 0.2) is 36.4 Å². The second-order valence-electron chi connectivity index (χ2n) is 6.48. The average Bonchev–Trinajstić information content (AvgIpc) is 2.60. The van der Waals surface area contributed by atoms with Crippen molar-refractivity contribution in [2.75, 3.05) is 29.5 Å². The van der Waals surface area contributed by atoms with Gasteiger partial charge in [-0.05, 0) is 43.2 Å². The zero-order valence-electron chi connectivity index (χ0n) is 16.2. The Kier molecular flexibility index (Phi) is 6.70. The van der Waals surface area contributed by atoms with Crippen LogP contribution in [-0.4, -0.2) is 36.3 Å². The summed E-state index contributed by atoms with van der Waals surface area (Å²) < 4.78 is 13.9. The number of urea groups is 1. The monoisotopic (exact) mass is 386 g/mol. The lowest BCUT2D eigenvalue weighted by molar-refractivity contribution is -0.116. The molecule has 0 saturated heterocycles. The van der Waals surface area contributed by atoms with Crippen LogP contribution in [0, 0.1) is 19.7 Å². The van der Waals surface area contributed by atoms with Crippen molar-refractivity contribution >= 4 is 34.9 Å². The highest BCUT2D eigenvalue weighted by molar-refractivity contribution is 5.98. The average molecular weight is 386 g/mol. The molecule has 2 aromatic rings. The first-order valence-corrected chi connectivity index (χ1v) is 8.62. The molecule has 0 fully saturated rings. The molecule has 28 heavy (non-hydrogen) atoms. The van der Waals surface area contributed by atoms with Crippen LogP contribution in [0.3, 0.4) is 0 Å². The minimum absolute atomic E-state index is 0.0988. The molecule has 7 nitrogen and oxygen atoms in total. The molecule has 0 spiro atoms. The predicted octanol–water partition coefficient (Wildman–Crippen LogP) is 3.50. The molecule has 3 N–H and O–H groups in total. The molecule has 0 heterocycles. The molecule has 0 bridgehead atoms. The van der Waals surface area contributed by atoms with Crippen LogP contribution in [0.2, 0.25) is 0 Å². The van der Waals surface area contributed by atoms with Crippen LogP contribution in [-0.2, 0) is 9.59 Å². The van der Waals surface area contributed by atoms with E-state index < -0.39 is 11.8 Å². The largest absolute Gasteiger partial charge is 0.326 e. The Morgan fingerprint density at radius 3 is 2.25 bits per heavy atom. The fourth-order valence-electron chi connectivity index (χ4n) is 2.59. The number of amides is 4. The second-order valence-corrected chi connectivity index (χ2v) is 6.48. The summed E-state index contributed by atoms with van der Waals surface area (Å²) in [6.07, 6.45) is 0. The summed E-state index contributed by atoms with van der Waals surface area (Å²) in [7, 11) is 1.43. The number of benzene rings is 2. The number of likely N-dealkylation sites (N-methyl/N-ethyl adjacent to an activating group) is 1. The minimum atomic E-state index is -0.657. The van der Waals surface area contributed by atoms with Crippen molar-refractivity contribution < 1.29 is 18.8 Å². The fourth-order valence-corrected chi connectivity index (χ4v) is 2.59. The van der Waals surface area contributed by atoms with Crippen molar-refractivity contribution in [3.63, 3.8) is 0 Å². The molecule has 0 aromatic heterocycles. The topological polar surface area (TPSA) is 90.5 Å². The molecule has 148 valence electrons.